The van der Waals surface area contributed by atoms with E-state index in [0.717, 1.165) is 5.56 Å². The average Bonchev–Trinajstić information content (AvgIpc) is 2.75. The molecule has 1 atom stereocenters. The first-order valence-electron chi connectivity index (χ1n) is 9.81. The molecule has 5 heteroatoms. The van der Waals surface area contributed by atoms with E-state index in [0.29, 0.717) is 17.0 Å². The van der Waals surface area contributed by atoms with Crippen molar-refractivity contribution in [2.45, 2.75) is 32.3 Å². The number of primary amides is 1. The average molecular weight is 402 g/mol. The van der Waals surface area contributed by atoms with Gasteiger partial charge < -0.3 is 15.8 Å². The monoisotopic (exact) mass is 402 g/mol. The van der Waals surface area contributed by atoms with E-state index in [1.165, 1.54) is 5.56 Å². The van der Waals surface area contributed by atoms with Crippen LogP contribution in [0.5, 0.6) is 5.75 Å². The summed E-state index contributed by atoms with van der Waals surface area (Å²) in [6.45, 7) is 6.05. The van der Waals surface area contributed by atoms with Gasteiger partial charge in [-0.05, 0) is 54.4 Å². The van der Waals surface area contributed by atoms with E-state index in [2.05, 4.69) is 31.3 Å². The number of rotatable bonds is 7. The molecule has 3 aromatic rings. The number of nitrogens with one attached hydrogen (secondary N) is 1. The van der Waals surface area contributed by atoms with Crippen molar-refractivity contribution in [2.24, 2.45) is 5.73 Å². The first kappa shape index (κ1) is 21.1. The maximum absolute atomic E-state index is 12.4. The van der Waals surface area contributed by atoms with Gasteiger partial charge in [-0.15, -0.1) is 0 Å². The number of benzene rings is 3. The molecule has 0 aliphatic heterocycles. The predicted octanol–water partition coefficient (Wildman–Crippen LogP) is 4.52. The summed E-state index contributed by atoms with van der Waals surface area (Å²) in [5.74, 6) is -0.173. The zero-order valence-electron chi connectivity index (χ0n) is 17.4. The van der Waals surface area contributed by atoms with Crippen LogP contribution in [0.3, 0.4) is 0 Å². The quantitative estimate of drug-likeness (QED) is 0.610. The fraction of sp³-hybridized carbons (Fsp3) is 0.200. The maximum Gasteiger partial charge on any atom is 0.265 e. The van der Waals surface area contributed by atoms with E-state index in [4.69, 9.17) is 10.5 Å². The number of amides is 2. The number of carbonyl (C=O) groups is 2. The van der Waals surface area contributed by atoms with Crippen LogP contribution in [0.15, 0.2) is 78.9 Å². The molecule has 1 unspecified atom stereocenters. The van der Waals surface area contributed by atoms with Gasteiger partial charge in [0.15, 0.2) is 6.10 Å². The third-order valence-electron chi connectivity index (χ3n) is 5.19. The zero-order chi connectivity index (χ0) is 21.7. The van der Waals surface area contributed by atoms with Crippen LogP contribution in [-0.2, 0) is 10.2 Å². The standard InChI is InChI=1S/C25H26N2O3/c1-17(24(29)27-21-13-9-18(10-14-21)23(26)28)30-22-15-11-20(12-16-22)25(2,3)19-7-5-4-6-8-19/h4-17H,1-3H3,(H2,26,28)(H,27,29). The van der Waals surface area contributed by atoms with Gasteiger partial charge in [0.05, 0.1) is 0 Å². The van der Waals surface area contributed by atoms with Crippen LogP contribution in [0, 0.1) is 0 Å². The van der Waals surface area contributed by atoms with Crippen LogP contribution >= 0.6 is 0 Å². The highest BCUT2D eigenvalue weighted by Gasteiger charge is 2.23. The number of nitrogens with two attached hydrogens (primary N) is 1. The van der Waals surface area contributed by atoms with Crippen molar-refractivity contribution in [3.05, 3.63) is 95.6 Å². The summed E-state index contributed by atoms with van der Waals surface area (Å²) in [5, 5.41) is 2.77. The lowest BCUT2D eigenvalue weighted by atomic mass is 9.78. The number of hydrogen-bond donors (Lipinski definition) is 2. The molecule has 0 saturated heterocycles. The van der Waals surface area contributed by atoms with E-state index in [9.17, 15) is 9.59 Å². The van der Waals surface area contributed by atoms with E-state index >= 15 is 0 Å². The highest BCUT2D eigenvalue weighted by Crippen LogP contribution is 2.32. The van der Waals surface area contributed by atoms with Gasteiger partial charge in [-0.1, -0.05) is 56.3 Å². The Bertz CT molecular complexity index is 1010. The van der Waals surface area contributed by atoms with E-state index in [1.54, 1.807) is 31.2 Å². The van der Waals surface area contributed by atoms with Crippen LogP contribution < -0.4 is 15.8 Å². The molecule has 3 aromatic carbocycles. The summed E-state index contributed by atoms with van der Waals surface area (Å²) in [5.41, 5.74) is 8.43. The number of ether oxygens (including phenoxy) is 1. The Morgan fingerprint density at radius 1 is 0.867 bits per heavy atom. The number of hydrogen-bond acceptors (Lipinski definition) is 3. The second kappa shape index (κ2) is 8.82. The van der Waals surface area contributed by atoms with Crippen molar-refractivity contribution < 1.29 is 14.3 Å². The molecular formula is C25H26N2O3. The normalized spacial score (nSPS) is 12.1. The van der Waals surface area contributed by atoms with Crippen LogP contribution in [0.2, 0.25) is 0 Å². The minimum atomic E-state index is -0.686. The second-order valence-corrected chi connectivity index (χ2v) is 7.71. The lowest BCUT2D eigenvalue weighted by Crippen LogP contribution is -2.30. The number of carbonyl (C=O) groups excluding carboxylic acids is 2. The molecule has 154 valence electrons. The predicted molar refractivity (Wildman–Crippen MR) is 119 cm³/mol. The van der Waals surface area contributed by atoms with Crippen molar-refractivity contribution in [1.82, 2.24) is 0 Å². The van der Waals surface area contributed by atoms with Gasteiger partial charge in [-0.2, -0.15) is 0 Å². The highest BCUT2D eigenvalue weighted by atomic mass is 16.5. The van der Waals surface area contributed by atoms with Crippen molar-refractivity contribution in [3.8, 4) is 5.75 Å². The van der Waals surface area contributed by atoms with Gasteiger partial charge in [0.25, 0.3) is 5.91 Å². The molecule has 3 rings (SSSR count). The Balaban J connectivity index is 1.63. The molecule has 0 fully saturated rings. The fourth-order valence-corrected chi connectivity index (χ4v) is 3.19. The summed E-state index contributed by atoms with van der Waals surface area (Å²) in [4.78, 5) is 23.5. The summed E-state index contributed by atoms with van der Waals surface area (Å²) in [6, 6.07) is 24.5. The molecule has 0 aliphatic rings. The van der Waals surface area contributed by atoms with Crippen LogP contribution in [0.25, 0.3) is 0 Å². The minimum absolute atomic E-state index is 0.139. The van der Waals surface area contributed by atoms with Crippen molar-refractivity contribution in [3.63, 3.8) is 0 Å². The smallest absolute Gasteiger partial charge is 0.265 e. The Labute approximate surface area is 176 Å². The summed E-state index contributed by atoms with van der Waals surface area (Å²) < 4.78 is 5.80. The molecule has 0 aliphatic carbocycles. The van der Waals surface area contributed by atoms with Crippen molar-refractivity contribution in [1.29, 1.82) is 0 Å². The van der Waals surface area contributed by atoms with E-state index in [1.807, 2.05) is 42.5 Å². The molecule has 2 amide bonds. The lowest BCUT2D eigenvalue weighted by molar-refractivity contribution is -0.122. The van der Waals surface area contributed by atoms with Gasteiger partial charge in [0.2, 0.25) is 5.91 Å². The Kier molecular flexibility index (Phi) is 6.21. The molecule has 0 spiro atoms. The van der Waals surface area contributed by atoms with Gasteiger partial charge in [0, 0.05) is 16.7 Å². The molecule has 0 radical (unpaired) electrons. The van der Waals surface area contributed by atoms with Crippen LogP contribution in [-0.4, -0.2) is 17.9 Å². The summed E-state index contributed by atoms with van der Waals surface area (Å²) in [7, 11) is 0. The van der Waals surface area contributed by atoms with E-state index < -0.39 is 12.0 Å². The topological polar surface area (TPSA) is 81.4 Å². The fourth-order valence-electron chi connectivity index (χ4n) is 3.19. The highest BCUT2D eigenvalue weighted by molar-refractivity contribution is 5.96. The van der Waals surface area contributed by atoms with Crippen molar-refractivity contribution >= 4 is 17.5 Å². The van der Waals surface area contributed by atoms with Gasteiger partial charge in [0.1, 0.15) is 5.75 Å². The zero-order valence-corrected chi connectivity index (χ0v) is 17.4. The first-order chi connectivity index (χ1) is 14.3. The molecular weight excluding hydrogens is 376 g/mol. The summed E-state index contributed by atoms with van der Waals surface area (Å²) >= 11 is 0. The summed E-state index contributed by atoms with van der Waals surface area (Å²) in [6.07, 6.45) is -0.686. The maximum atomic E-state index is 12.4. The third-order valence-corrected chi connectivity index (χ3v) is 5.19. The lowest BCUT2D eigenvalue weighted by Gasteiger charge is -2.26. The van der Waals surface area contributed by atoms with Gasteiger partial charge >= 0.3 is 0 Å². The van der Waals surface area contributed by atoms with Crippen LogP contribution in [0.1, 0.15) is 42.3 Å². The molecule has 0 aromatic heterocycles. The Morgan fingerprint density at radius 3 is 2.00 bits per heavy atom. The molecule has 3 N–H and O–H groups in total. The molecule has 0 saturated carbocycles. The molecule has 0 heterocycles. The van der Waals surface area contributed by atoms with Crippen LogP contribution in [0.4, 0.5) is 5.69 Å². The third kappa shape index (κ3) is 4.87. The largest absolute Gasteiger partial charge is 0.481 e. The minimum Gasteiger partial charge on any atom is -0.481 e. The molecule has 30 heavy (non-hydrogen) atoms. The SMILES string of the molecule is CC(Oc1ccc(C(C)(C)c2ccccc2)cc1)C(=O)Nc1ccc(C(N)=O)cc1. The van der Waals surface area contributed by atoms with E-state index in [-0.39, 0.29) is 11.3 Å². The number of anilines is 1. The first-order valence-corrected chi connectivity index (χ1v) is 9.81. The Hall–Kier alpha value is -3.60. The molecule has 5 nitrogen and oxygen atoms in total. The molecule has 0 bridgehead atoms. The van der Waals surface area contributed by atoms with Crippen molar-refractivity contribution in [2.75, 3.05) is 5.32 Å². The second-order valence-electron chi connectivity index (χ2n) is 7.71. The van der Waals surface area contributed by atoms with Gasteiger partial charge in [-0.3, -0.25) is 9.59 Å². The Morgan fingerprint density at radius 2 is 1.43 bits per heavy atom. The van der Waals surface area contributed by atoms with Gasteiger partial charge in [-0.25, -0.2) is 0 Å².